The van der Waals surface area contributed by atoms with Gasteiger partial charge in [0.15, 0.2) is 4.80 Å². The number of halogens is 1. The first-order chi connectivity index (χ1) is 13.5. The summed E-state index contributed by atoms with van der Waals surface area (Å²) in [6, 6.07) is 10.9. The molecular weight excluding hydrogens is 383 g/mol. The van der Waals surface area contributed by atoms with Crippen LogP contribution in [-0.4, -0.2) is 36.8 Å². The number of fused-ring (bicyclic) bond motifs is 1. The molecule has 0 fully saturated rings. The summed E-state index contributed by atoms with van der Waals surface area (Å²) in [5.41, 5.74) is 1.13. The third-order valence-electron chi connectivity index (χ3n) is 4.01. The molecule has 0 unspecified atom stereocenters. The second-order valence-electron chi connectivity index (χ2n) is 5.83. The van der Waals surface area contributed by atoms with Crippen molar-refractivity contribution in [2.75, 3.05) is 20.3 Å². The Labute approximate surface area is 164 Å². The van der Waals surface area contributed by atoms with Crippen LogP contribution in [0.15, 0.2) is 47.5 Å². The van der Waals surface area contributed by atoms with Gasteiger partial charge >= 0.3 is 5.97 Å². The number of ether oxygens (including phenoxy) is 2. The van der Waals surface area contributed by atoms with Crippen LogP contribution in [0, 0.1) is 5.82 Å². The van der Waals surface area contributed by atoms with Gasteiger partial charge in [-0.3, -0.25) is 4.79 Å². The molecule has 28 heavy (non-hydrogen) atoms. The number of hydrogen-bond acceptors (Lipinski definition) is 5. The number of carbonyl (C=O) groups excluding carboxylic acids is 2. The quantitative estimate of drug-likeness (QED) is 0.593. The van der Waals surface area contributed by atoms with Crippen molar-refractivity contribution in [2.45, 2.75) is 13.5 Å². The van der Waals surface area contributed by atoms with Gasteiger partial charge in [-0.15, -0.1) is 0 Å². The van der Waals surface area contributed by atoms with Crippen LogP contribution in [0.5, 0.6) is 0 Å². The summed E-state index contributed by atoms with van der Waals surface area (Å²) >= 11 is 1.24. The Morgan fingerprint density at radius 1 is 1.21 bits per heavy atom. The zero-order chi connectivity index (χ0) is 20.1. The number of benzene rings is 2. The Morgan fingerprint density at radius 3 is 2.71 bits per heavy atom. The van der Waals surface area contributed by atoms with Crippen LogP contribution >= 0.6 is 11.3 Å². The fourth-order valence-electron chi connectivity index (χ4n) is 2.68. The summed E-state index contributed by atoms with van der Waals surface area (Å²) in [6.45, 7) is 2.89. The van der Waals surface area contributed by atoms with E-state index in [-0.39, 0.29) is 12.2 Å². The monoisotopic (exact) mass is 402 g/mol. The molecule has 6 nitrogen and oxygen atoms in total. The van der Waals surface area contributed by atoms with Gasteiger partial charge in [0.2, 0.25) is 0 Å². The van der Waals surface area contributed by atoms with Gasteiger partial charge in [0.05, 0.1) is 34.6 Å². The van der Waals surface area contributed by atoms with Gasteiger partial charge < -0.3 is 14.0 Å². The maximum Gasteiger partial charge on any atom is 0.338 e. The largest absolute Gasteiger partial charge is 0.462 e. The Hall–Kier alpha value is -2.84. The minimum Gasteiger partial charge on any atom is -0.462 e. The summed E-state index contributed by atoms with van der Waals surface area (Å²) < 4.78 is 26.7. The lowest BCUT2D eigenvalue weighted by atomic mass is 10.2. The van der Waals surface area contributed by atoms with Crippen molar-refractivity contribution in [3.05, 3.63) is 64.2 Å². The minimum absolute atomic E-state index is 0.0922. The molecule has 0 atom stereocenters. The molecule has 0 saturated heterocycles. The number of thiazole rings is 1. The lowest BCUT2D eigenvalue weighted by molar-refractivity contribution is 0.0526. The van der Waals surface area contributed by atoms with Crippen molar-refractivity contribution in [3.63, 3.8) is 0 Å². The van der Waals surface area contributed by atoms with Crippen molar-refractivity contribution in [3.8, 4) is 0 Å². The number of methoxy groups -OCH3 is 1. The molecule has 3 rings (SSSR count). The molecular formula is C20H19FN2O4S. The van der Waals surface area contributed by atoms with E-state index < -0.39 is 17.7 Å². The summed E-state index contributed by atoms with van der Waals surface area (Å²) in [5, 5.41) is 0. The summed E-state index contributed by atoms with van der Waals surface area (Å²) in [7, 11) is 1.58. The van der Waals surface area contributed by atoms with E-state index >= 15 is 0 Å². The van der Waals surface area contributed by atoms with E-state index in [9.17, 15) is 14.0 Å². The first kappa shape index (κ1) is 19.9. The average Bonchev–Trinajstić information content (AvgIpc) is 3.02. The fraction of sp³-hybridized carbons (Fsp3) is 0.250. The van der Waals surface area contributed by atoms with Crippen molar-refractivity contribution in [2.24, 2.45) is 4.99 Å². The van der Waals surface area contributed by atoms with Gasteiger partial charge in [-0.2, -0.15) is 4.99 Å². The maximum absolute atomic E-state index is 13.9. The van der Waals surface area contributed by atoms with Crippen LogP contribution in [0.3, 0.4) is 0 Å². The number of hydrogen-bond donors (Lipinski definition) is 0. The summed E-state index contributed by atoms with van der Waals surface area (Å²) in [6.07, 6.45) is 0. The van der Waals surface area contributed by atoms with Gasteiger partial charge in [-0.05, 0) is 37.3 Å². The van der Waals surface area contributed by atoms with Crippen molar-refractivity contribution < 1.29 is 23.5 Å². The molecule has 0 spiro atoms. The molecule has 8 heteroatoms. The van der Waals surface area contributed by atoms with Crippen LogP contribution in [0.25, 0.3) is 10.2 Å². The normalized spacial score (nSPS) is 11.8. The lowest BCUT2D eigenvalue weighted by Crippen LogP contribution is -2.19. The third-order valence-corrected chi connectivity index (χ3v) is 5.06. The van der Waals surface area contributed by atoms with E-state index in [1.807, 2.05) is 4.57 Å². The van der Waals surface area contributed by atoms with E-state index in [2.05, 4.69) is 4.99 Å². The molecule has 0 N–H and O–H groups in total. The zero-order valence-electron chi connectivity index (χ0n) is 15.5. The van der Waals surface area contributed by atoms with E-state index in [1.54, 1.807) is 38.3 Å². The molecule has 1 amide bonds. The SMILES string of the molecule is CCOC(=O)c1ccc2c(c1)sc(=NC(=O)c1ccccc1F)n2CCOC. The van der Waals surface area contributed by atoms with Gasteiger partial charge in [0, 0.05) is 13.7 Å². The van der Waals surface area contributed by atoms with Crippen LogP contribution in [-0.2, 0) is 16.0 Å². The van der Waals surface area contributed by atoms with Gasteiger partial charge in [-0.1, -0.05) is 23.5 Å². The predicted octanol–water partition coefficient (Wildman–Crippen LogP) is 3.41. The number of nitrogens with zero attached hydrogens (tertiary/aromatic N) is 2. The molecule has 146 valence electrons. The second-order valence-corrected chi connectivity index (χ2v) is 6.84. The first-order valence-electron chi connectivity index (χ1n) is 8.68. The number of rotatable bonds is 6. The van der Waals surface area contributed by atoms with Crippen LogP contribution < -0.4 is 4.80 Å². The summed E-state index contributed by atoms with van der Waals surface area (Å²) in [5.74, 6) is -1.70. The standard InChI is InChI=1S/C20H19FN2O4S/c1-3-27-19(25)13-8-9-16-17(12-13)28-20(23(16)10-11-26-2)22-18(24)14-6-4-5-7-15(14)21/h4-9,12H,3,10-11H2,1-2H3. The fourth-order valence-corrected chi connectivity index (χ4v) is 3.77. The average molecular weight is 402 g/mol. The van der Waals surface area contributed by atoms with Gasteiger partial charge in [-0.25, -0.2) is 9.18 Å². The molecule has 0 radical (unpaired) electrons. The summed E-state index contributed by atoms with van der Waals surface area (Å²) in [4.78, 5) is 29.0. The van der Waals surface area contributed by atoms with E-state index in [4.69, 9.17) is 9.47 Å². The highest BCUT2D eigenvalue weighted by atomic mass is 32.1. The van der Waals surface area contributed by atoms with Crippen molar-refractivity contribution in [1.29, 1.82) is 0 Å². The minimum atomic E-state index is -0.665. The van der Waals surface area contributed by atoms with Crippen molar-refractivity contribution >= 4 is 33.4 Å². The van der Waals surface area contributed by atoms with Crippen molar-refractivity contribution in [1.82, 2.24) is 4.57 Å². The third kappa shape index (κ3) is 4.18. The Balaban J connectivity index is 2.10. The Morgan fingerprint density at radius 2 is 2.00 bits per heavy atom. The van der Waals surface area contributed by atoms with Crippen LogP contribution in [0.2, 0.25) is 0 Å². The van der Waals surface area contributed by atoms with E-state index in [0.717, 1.165) is 10.2 Å². The van der Waals surface area contributed by atoms with E-state index in [0.29, 0.717) is 23.5 Å². The topological polar surface area (TPSA) is 69.9 Å². The molecule has 3 aromatic rings. The van der Waals surface area contributed by atoms with Crippen LogP contribution in [0.4, 0.5) is 4.39 Å². The lowest BCUT2D eigenvalue weighted by Gasteiger charge is -2.05. The molecule has 0 aliphatic rings. The number of aromatic nitrogens is 1. The molecule has 0 saturated carbocycles. The molecule has 2 aromatic carbocycles. The van der Waals surface area contributed by atoms with Gasteiger partial charge in [0.25, 0.3) is 5.91 Å². The number of esters is 1. The molecule has 0 aliphatic heterocycles. The first-order valence-corrected chi connectivity index (χ1v) is 9.49. The maximum atomic E-state index is 13.9. The zero-order valence-corrected chi connectivity index (χ0v) is 16.3. The molecule has 0 aliphatic carbocycles. The highest BCUT2D eigenvalue weighted by Gasteiger charge is 2.14. The highest BCUT2D eigenvalue weighted by Crippen LogP contribution is 2.20. The molecule has 0 bridgehead atoms. The number of carbonyl (C=O) groups is 2. The van der Waals surface area contributed by atoms with Gasteiger partial charge in [0.1, 0.15) is 5.82 Å². The Kier molecular flexibility index (Phi) is 6.33. The van der Waals surface area contributed by atoms with E-state index in [1.165, 1.54) is 29.5 Å². The highest BCUT2D eigenvalue weighted by molar-refractivity contribution is 7.16. The molecule has 1 heterocycles. The number of amides is 1. The molecule has 1 aromatic heterocycles. The Bertz CT molecular complexity index is 1090. The second kappa shape index (κ2) is 8.90. The van der Waals surface area contributed by atoms with Crippen LogP contribution in [0.1, 0.15) is 27.6 Å². The predicted molar refractivity (Wildman–Crippen MR) is 104 cm³/mol. The smallest absolute Gasteiger partial charge is 0.338 e.